The summed E-state index contributed by atoms with van der Waals surface area (Å²) in [5.74, 6) is -1.33. The van der Waals surface area contributed by atoms with Gasteiger partial charge in [0, 0.05) is 17.6 Å². The summed E-state index contributed by atoms with van der Waals surface area (Å²) in [5.41, 5.74) is -0.706. The molecule has 0 unspecified atom stereocenters. The van der Waals surface area contributed by atoms with Crippen LogP contribution in [-0.2, 0) is 0 Å². The number of aromatic hydroxyl groups is 1. The van der Waals surface area contributed by atoms with Crippen molar-refractivity contribution in [1.82, 2.24) is 9.59 Å². The summed E-state index contributed by atoms with van der Waals surface area (Å²) in [6, 6.07) is 3.71. The van der Waals surface area contributed by atoms with E-state index in [1.807, 2.05) is 0 Å². The smallest absolute Gasteiger partial charge is 0.311 e. The van der Waals surface area contributed by atoms with E-state index in [2.05, 4.69) is 14.9 Å². The Balaban J connectivity index is 2.31. The number of nitrogens with zero attached hydrogens (tertiary/aromatic N) is 3. The lowest BCUT2D eigenvalue weighted by atomic mass is 10.1. The molecule has 0 spiro atoms. The van der Waals surface area contributed by atoms with Gasteiger partial charge in [-0.25, -0.2) is 0 Å². The van der Waals surface area contributed by atoms with E-state index in [4.69, 9.17) is 0 Å². The Labute approximate surface area is 104 Å². The molecule has 0 atom stereocenters. The molecule has 1 amide bonds. The van der Waals surface area contributed by atoms with Gasteiger partial charge in [0.15, 0.2) is 0 Å². The summed E-state index contributed by atoms with van der Waals surface area (Å²) >= 11 is 0.954. The molecule has 92 valence electrons. The van der Waals surface area contributed by atoms with Crippen LogP contribution in [0.25, 0.3) is 0 Å². The highest BCUT2D eigenvalue weighted by Gasteiger charge is 2.21. The van der Waals surface area contributed by atoms with E-state index in [0.29, 0.717) is 5.00 Å². The number of nitro benzene ring substituents is 1. The third kappa shape index (κ3) is 2.25. The topological polar surface area (TPSA) is 118 Å². The predicted molar refractivity (Wildman–Crippen MR) is 62.6 cm³/mol. The highest BCUT2D eigenvalue weighted by atomic mass is 32.1. The zero-order valence-corrected chi connectivity index (χ0v) is 9.55. The number of anilines is 1. The number of nitrogens with one attached hydrogen (secondary N) is 1. The van der Waals surface area contributed by atoms with E-state index in [0.717, 1.165) is 17.6 Å². The first-order valence-electron chi connectivity index (χ1n) is 4.64. The van der Waals surface area contributed by atoms with E-state index < -0.39 is 22.3 Å². The standard InChI is InChI=1S/C9H6N4O4S/c14-8-5(2-1-3-6(8)13(16)17)9(15)11-7-4-10-12-18-7/h1-4,14H,(H,11,15). The fraction of sp³-hybridized carbons (Fsp3) is 0. The molecule has 2 aromatic rings. The maximum absolute atomic E-state index is 11.8. The highest BCUT2D eigenvalue weighted by Crippen LogP contribution is 2.29. The molecule has 9 heteroatoms. The van der Waals surface area contributed by atoms with Crippen LogP contribution in [-0.4, -0.2) is 25.5 Å². The lowest BCUT2D eigenvalue weighted by Crippen LogP contribution is -2.11. The molecule has 2 rings (SSSR count). The van der Waals surface area contributed by atoms with Crippen molar-refractivity contribution in [3.63, 3.8) is 0 Å². The SMILES string of the molecule is O=C(Nc1cnns1)c1cccc([N+](=O)[O-])c1O. The Morgan fingerprint density at radius 2 is 2.28 bits per heavy atom. The van der Waals surface area contributed by atoms with E-state index in [1.165, 1.54) is 18.3 Å². The second-order valence-corrected chi connectivity index (χ2v) is 3.95. The lowest BCUT2D eigenvalue weighted by Gasteiger charge is -2.04. The van der Waals surface area contributed by atoms with Gasteiger partial charge in [-0.15, -0.1) is 5.10 Å². The van der Waals surface area contributed by atoms with E-state index in [9.17, 15) is 20.0 Å². The number of nitro groups is 1. The zero-order valence-electron chi connectivity index (χ0n) is 8.73. The number of para-hydroxylation sites is 1. The van der Waals surface area contributed by atoms with Crippen molar-refractivity contribution in [3.8, 4) is 5.75 Å². The number of phenols is 1. The van der Waals surface area contributed by atoms with Crippen LogP contribution in [0.15, 0.2) is 24.4 Å². The van der Waals surface area contributed by atoms with Crippen LogP contribution in [0.5, 0.6) is 5.75 Å². The van der Waals surface area contributed by atoms with Crippen molar-refractivity contribution in [3.05, 3.63) is 40.1 Å². The molecule has 0 saturated heterocycles. The fourth-order valence-electron chi connectivity index (χ4n) is 1.26. The highest BCUT2D eigenvalue weighted by molar-refractivity contribution is 7.10. The number of hydrogen-bond donors (Lipinski definition) is 2. The van der Waals surface area contributed by atoms with Gasteiger partial charge in [0.2, 0.25) is 5.75 Å². The van der Waals surface area contributed by atoms with Gasteiger partial charge in [0.05, 0.1) is 16.7 Å². The average molecular weight is 266 g/mol. The van der Waals surface area contributed by atoms with Crippen molar-refractivity contribution in [2.45, 2.75) is 0 Å². The summed E-state index contributed by atoms with van der Waals surface area (Å²) in [7, 11) is 0. The van der Waals surface area contributed by atoms with E-state index in [1.54, 1.807) is 0 Å². The van der Waals surface area contributed by atoms with Crippen LogP contribution in [0.4, 0.5) is 10.7 Å². The molecule has 8 nitrogen and oxygen atoms in total. The summed E-state index contributed by atoms with van der Waals surface area (Å²) in [4.78, 5) is 21.6. The molecule has 2 N–H and O–H groups in total. The molecule has 1 aromatic carbocycles. The summed E-state index contributed by atoms with van der Waals surface area (Å²) in [6.07, 6.45) is 1.33. The Morgan fingerprint density at radius 1 is 1.50 bits per heavy atom. The molecule has 0 saturated carbocycles. The number of amides is 1. The quantitative estimate of drug-likeness (QED) is 0.640. The first kappa shape index (κ1) is 11.9. The van der Waals surface area contributed by atoms with Gasteiger partial charge in [0.25, 0.3) is 5.91 Å². The number of benzene rings is 1. The zero-order chi connectivity index (χ0) is 13.1. The van der Waals surface area contributed by atoms with Crippen LogP contribution in [0.2, 0.25) is 0 Å². The number of hydrogen-bond acceptors (Lipinski definition) is 7. The summed E-state index contributed by atoms with van der Waals surface area (Å²) < 4.78 is 3.54. The summed E-state index contributed by atoms with van der Waals surface area (Å²) in [5, 5.41) is 26.6. The van der Waals surface area contributed by atoms with Gasteiger partial charge in [-0.3, -0.25) is 14.9 Å². The van der Waals surface area contributed by atoms with Gasteiger partial charge in [0.1, 0.15) is 5.00 Å². The van der Waals surface area contributed by atoms with Crippen molar-refractivity contribution in [2.24, 2.45) is 0 Å². The molecule has 18 heavy (non-hydrogen) atoms. The number of phenolic OH excluding ortho intramolecular Hbond substituents is 1. The van der Waals surface area contributed by atoms with Gasteiger partial charge < -0.3 is 10.4 Å². The minimum Gasteiger partial charge on any atom is -0.502 e. The molecule has 0 bridgehead atoms. The molecular weight excluding hydrogens is 260 g/mol. The van der Waals surface area contributed by atoms with Gasteiger partial charge >= 0.3 is 5.69 Å². The fourth-order valence-corrected chi connectivity index (χ4v) is 1.68. The number of carbonyl (C=O) groups is 1. The number of carbonyl (C=O) groups excluding carboxylic acids is 1. The van der Waals surface area contributed by atoms with Crippen LogP contribution < -0.4 is 5.32 Å². The van der Waals surface area contributed by atoms with Crippen LogP contribution in [0.1, 0.15) is 10.4 Å². The molecule has 0 radical (unpaired) electrons. The first-order chi connectivity index (χ1) is 8.59. The average Bonchev–Trinajstić information content (AvgIpc) is 2.81. The van der Waals surface area contributed by atoms with Crippen molar-refractivity contribution in [2.75, 3.05) is 5.32 Å². The molecule has 0 aliphatic heterocycles. The van der Waals surface area contributed by atoms with E-state index >= 15 is 0 Å². The largest absolute Gasteiger partial charge is 0.502 e. The molecule has 0 aliphatic carbocycles. The van der Waals surface area contributed by atoms with Crippen LogP contribution in [0.3, 0.4) is 0 Å². The monoisotopic (exact) mass is 266 g/mol. The molecular formula is C9H6N4O4S. The van der Waals surface area contributed by atoms with Crippen LogP contribution >= 0.6 is 11.5 Å². The lowest BCUT2D eigenvalue weighted by molar-refractivity contribution is -0.385. The predicted octanol–water partition coefficient (Wildman–Crippen LogP) is 1.40. The maximum atomic E-state index is 11.8. The Morgan fingerprint density at radius 3 is 2.89 bits per heavy atom. The number of rotatable bonds is 3. The Bertz CT molecular complexity index is 599. The second kappa shape index (κ2) is 4.75. The minimum atomic E-state index is -0.764. The molecule has 1 heterocycles. The maximum Gasteiger partial charge on any atom is 0.311 e. The van der Waals surface area contributed by atoms with E-state index in [-0.39, 0.29) is 5.56 Å². The van der Waals surface area contributed by atoms with Crippen molar-refractivity contribution < 1.29 is 14.8 Å². The number of aromatic nitrogens is 2. The van der Waals surface area contributed by atoms with Gasteiger partial charge in [-0.1, -0.05) is 10.6 Å². The molecule has 0 aliphatic rings. The summed E-state index contributed by atoms with van der Waals surface area (Å²) in [6.45, 7) is 0. The molecule has 1 aromatic heterocycles. The van der Waals surface area contributed by atoms with Crippen molar-refractivity contribution in [1.29, 1.82) is 0 Å². The Kier molecular flexibility index (Phi) is 3.15. The first-order valence-corrected chi connectivity index (χ1v) is 5.42. The Hall–Kier alpha value is -2.55. The van der Waals surface area contributed by atoms with Crippen LogP contribution in [0, 0.1) is 10.1 Å². The normalized spacial score (nSPS) is 10.0. The third-order valence-electron chi connectivity index (χ3n) is 2.05. The minimum absolute atomic E-state index is 0.183. The van der Waals surface area contributed by atoms with Gasteiger partial charge in [-0.05, 0) is 6.07 Å². The van der Waals surface area contributed by atoms with Gasteiger partial charge in [-0.2, -0.15) is 0 Å². The second-order valence-electron chi connectivity index (χ2n) is 3.17. The molecule has 0 fully saturated rings. The third-order valence-corrected chi connectivity index (χ3v) is 2.63. The van der Waals surface area contributed by atoms with Crippen molar-refractivity contribution >= 4 is 28.1 Å².